The summed E-state index contributed by atoms with van der Waals surface area (Å²) in [5.41, 5.74) is 14.9. The number of methoxy groups -OCH3 is 4. The molecule has 0 amide bonds. The number of halogens is 3. The zero-order chi connectivity index (χ0) is 71.6. The van der Waals surface area contributed by atoms with Crippen LogP contribution in [0.15, 0.2) is 224 Å². The van der Waals surface area contributed by atoms with Crippen molar-refractivity contribution in [2.24, 2.45) is 10.2 Å². The summed E-state index contributed by atoms with van der Waals surface area (Å²) in [4.78, 5) is 55.2. The summed E-state index contributed by atoms with van der Waals surface area (Å²) < 4.78 is 40.2. The zero-order valence-electron chi connectivity index (χ0n) is 56.1. The highest BCUT2D eigenvalue weighted by molar-refractivity contribution is 7.79. The number of aliphatic hydroxyl groups is 3. The van der Waals surface area contributed by atoms with Gasteiger partial charge in [-0.25, -0.2) is 9.59 Å². The van der Waals surface area contributed by atoms with Gasteiger partial charge in [0, 0.05) is 74.9 Å². The number of alkyl halides is 3. The number of nitrogens with zero attached hydrogens (tertiary/aromatic N) is 8. The molecule has 5 heterocycles. The largest absolute Gasteiger partial charge is 0.497 e. The lowest BCUT2D eigenvalue weighted by molar-refractivity contribution is -0.133. The van der Waals surface area contributed by atoms with E-state index in [9.17, 15) is 34.5 Å². The number of rotatable bonds is 22. The van der Waals surface area contributed by atoms with E-state index < -0.39 is 90.0 Å². The highest BCUT2D eigenvalue weighted by atomic mass is 35.5. The summed E-state index contributed by atoms with van der Waals surface area (Å²) >= 11 is 16.8. The number of ether oxygens (including phenoxy) is 7. The predicted molar refractivity (Wildman–Crippen MR) is 403 cm³/mol. The second-order valence-corrected chi connectivity index (χ2v) is 25.9. The van der Waals surface area contributed by atoms with Crippen molar-refractivity contribution < 1.29 is 54.0 Å². The summed E-state index contributed by atoms with van der Waals surface area (Å²) in [7, 11) is 5.63. The Bertz CT molecular complexity index is 3740. The molecule has 7 N–H and O–H groups in total. The van der Waals surface area contributed by atoms with Crippen LogP contribution in [-0.2, 0) is 28.6 Å². The number of aromatic nitrogens is 4. The van der Waals surface area contributed by atoms with Gasteiger partial charge < -0.3 is 54.0 Å². The van der Waals surface area contributed by atoms with Crippen molar-refractivity contribution in [1.29, 1.82) is 0 Å². The number of aromatic amines is 2. The Morgan fingerprint density at radius 2 is 0.922 bits per heavy atom. The minimum Gasteiger partial charge on any atom is -0.497 e. The molecule has 3 aliphatic heterocycles. The third kappa shape index (κ3) is 23.7. The molecule has 11 rings (SSSR count). The molecule has 552 valence electrons. The van der Waals surface area contributed by atoms with Crippen molar-refractivity contribution >= 4 is 58.6 Å². The Kier molecular flexibility index (Phi) is 39.5. The first-order chi connectivity index (χ1) is 48.0. The molecule has 3 fully saturated rings. The summed E-state index contributed by atoms with van der Waals surface area (Å²) in [5, 5.41) is 42.2. The van der Waals surface area contributed by atoms with Gasteiger partial charge in [0.2, 0.25) is 0 Å². The third-order valence-corrected chi connectivity index (χ3v) is 19.6. The number of azide groups is 2. The Hall–Kier alpha value is -8.16. The van der Waals surface area contributed by atoms with E-state index in [1.54, 1.807) is 14.2 Å². The standard InChI is InChI=1S/C21H19ClO2.C18H15P.C14H21N5O5.C13H19N5O6.C4H8O.CH2Cl2.2CH4.H2O/c1-23-19-12-8-17(9-13-19)21(22,16-6-4-3-5-7-16)18-10-14-20(24-2)15-11-18;1-4-10-16(11-5-1)19(17-12-6-2-7-13-17)18-14-8-3-9-15-18;1-3-14(6-4-7-16-18-15)11(21)10(23-2)12(24-14)19-8-5-9(20)17-13(19)22;1-23-9-10(21)13(7-19,4-2-5-15-17-14)24-11(9)18-6-3-8(20)16-12(18)22;1-2-4-5-3-1;2-1-3;;;/h3-15H,1-2H3;1-15H;5,8,10-12,21H,3-4,6-7H2,1-2H3,(H,17,20,22);3,6,9-11,19,21H,2,4-5,7H2,1H3,(H,16,20,22);1-4H2;1H2;2*1H4;1H2/t;;10-,11?,12+,14-;9-,10?,11+,13+;;;;;/m..00...../s1. The molecule has 2 unspecified atom stereocenters. The van der Waals surface area contributed by atoms with Crippen molar-refractivity contribution in [2.45, 2.75) is 120 Å². The van der Waals surface area contributed by atoms with Crippen molar-refractivity contribution in [3.8, 4) is 11.5 Å². The van der Waals surface area contributed by atoms with Gasteiger partial charge >= 0.3 is 11.4 Å². The SMILES string of the molecule is C.C.C1CCOC1.CC[C@@]1(CCCN=[N+]=[N-])O[C@@H](n2ccc(=O)[nH]c2=O)[C@@H](OC)C1O.CO[C@H]1C(O)[C@](CO)(CCCN=[N+]=[N-])O[C@H]1n1ccc(=O)[nH]c1=O.COc1ccc(C(Cl)(c2ccccc2)c2ccc(OC)cc2)cc1.ClCCl.O.c1ccc(P(c2ccccc2)c2ccccc2)cc1. The smallest absolute Gasteiger partial charge is 0.330 e. The Labute approximate surface area is 610 Å². The monoisotopic (exact) mass is 1490 g/mol. The van der Waals surface area contributed by atoms with E-state index in [1.165, 1.54) is 66.0 Å². The van der Waals surface area contributed by atoms with Crippen LogP contribution in [0.25, 0.3) is 20.9 Å². The lowest BCUT2D eigenvalue weighted by atomic mass is 9.84. The summed E-state index contributed by atoms with van der Waals surface area (Å²) in [6.45, 7) is 3.81. The zero-order valence-corrected chi connectivity index (χ0v) is 59.3. The Balaban J connectivity index is 0.000000338. The fourth-order valence-electron chi connectivity index (χ4n) is 11.4. The molecule has 25 nitrogen and oxygen atoms in total. The van der Waals surface area contributed by atoms with Crippen LogP contribution in [0.1, 0.15) is 95.9 Å². The summed E-state index contributed by atoms with van der Waals surface area (Å²) in [6.07, 6.45) is 1.33. The quantitative estimate of drug-likeness (QED) is 0.00801. The highest BCUT2D eigenvalue weighted by Gasteiger charge is 2.56. The van der Waals surface area contributed by atoms with E-state index >= 15 is 0 Å². The van der Waals surface area contributed by atoms with Gasteiger partial charge in [0.1, 0.15) is 46.4 Å². The van der Waals surface area contributed by atoms with Gasteiger partial charge in [-0.1, -0.05) is 178 Å². The first kappa shape index (κ1) is 88.1. The van der Waals surface area contributed by atoms with E-state index in [0.29, 0.717) is 25.7 Å². The van der Waals surface area contributed by atoms with Gasteiger partial charge in [0.05, 0.1) is 31.8 Å². The number of hydrogen-bond acceptors (Lipinski definition) is 16. The molecule has 0 bridgehead atoms. The molecule has 3 aliphatic rings. The molecule has 3 saturated heterocycles. The van der Waals surface area contributed by atoms with E-state index in [0.717, 1.165) is 52.0 Å². The van der Waals surface area contributed by atoms with Crippen LogP contribution in [0.4, 0.5) is 0 Å². The van der Waals surface area contributed by atoms with E-state index in [-0.39, 0.29) is 45.2 Å². The van der Waals surface area contributed by atoms with Gasteiger partial charge in [-0.3, -0.25) is 28.7 Å². The van der Waals surface area contributed by atoms with Crippen molar-refractivity contribution in [3.05, 3.63) is 274 Å². The van der Waals surface area contributed by atoms with Crippen LogP contribution >= 0.6 is 42.7 Å². The fraction of sp³-hybridized carbons (Fsp3) is 0.397. The second kappa shape index (κ2) is 45.7. The minimum atomic E-state index is -1.37. The third-order valence-electron chi connectivity index (χ3n) is 16.5. The van der Waals surface area contributed by atoms with E-state index in [2.05, 4.69) is 121 Å². The molecule has 102 heavy (non-hydrogen) atoms. The Morgan fingerprint density at radius 1 is 0.578 bits per heavy atom. The van der Waals surface area contributed by atoms with Crippen LogP contribution in [0.3, 0.4) is 0 Å². The van der Waals surface area contributed by atoms with Crippen molar-refractivity contribution in [2.75, 3.05) is 66.7 Å². The summed E-state index contributed by atoms with van der Waals surface area (Å²) in [6, 6.07) is 60.5. The first-order valence-electron chi connectivity index (χ1n) is 31.7. The first-order valence-corrected chi connectivity index (χ1v) is 34.5. The lowest BCUT2D eigenvalue weighted by Gasteiger charge is -2.31. The molecular weight excluding hydrogens is 1390 g/mol. The van der Waals surface area contributed by atoms with E-state index in [1.807, 2.05) is 85.8 Å². The molecular formula is C73H94Cl3N10O15P. The van der Waals surface area contributed by atoms with Crippen molar-refractivity contribution in [1.82, 2.24) is 19.1 Å². The maximum Gasteiger partial charge on any atom is 0.330 e. The maximum absolute atomic E-state index is 12.0. The second-order valence-electron chi connectivity index (χ2n) is 22.3. The number of aliphatic hydroxyl groups excluding tert-OH is 3. The number of hydrogen-bond donors (Lipinski definition) is 5. The number of nitrogens with one attached hydrogen (secondary N) is 2. The molecule has 0 radical (unpaired) electrons. The van der Waals surface area contributed by atoms with E-state index in [4.69, 9.17) is 79.0 Å². The molecule has 8 aromatic rings. The molecule has 29 heteroatoms. The average molecular weight is 1490 g/mol. The van der Waals surface area contributed by atoms with Crippen LogP contribution in [0, 0.1) is 0 Å². The predicted octanol–water partition coefficient (Wildman–Crippen LogP) is 11.3. The maximum atomic E-state index is 12.0. The number of benzene rings is 6. The van der Waals surface area contributed by atoms with Gasteiger partial charge in [0.15, 0.2) is 12.5 Å². The Morgan fingerprint density at radius 3 is 1.24 bits per heavy atom. The summed E-state index contributed by atoms with van der Waals surface area (Å²) in [5.74, 6) is 1.61. The van der Waals surface area contributed by atoms with Crippen LogP contribution in [-0.4, -0.2) is 142 Å². The van der Waals surface area contributed by atoms with Crippen molar-refractivity contribution in [3.63, 3.8) is 0 Å². The molecule has 2 aromatic heterocycles. The van der Waals surface area contributed by atoms with Crippen LogP contribution in [0.2, 0.25) is 0 Å². The lowest BCUT2D eigenvalue weighted by Crippen LogP contribution is -2.46. The normalized spacial score (nSPS) is 19.8. The highest BCUT2D eigenvalue weighted by Crippen LogP contribution is 2.46. The van der Waals surface area contributed by atoms with Gasteiger partial charge in [-0.15, -0.1) is 34.8 Å². The fourth-order valence-corrected chi connectivity index (χ4v) is 14.1. The average Bonchev–Trinajstić information content (AvgIpc) is 1.45. The number of H-pyrrole nitrogens is 2. The minimum absolute atomic E-state index is 0. The molecule has 6 aromatic carbocycles. The topological polar surface area (TPSA) is 364 Å². The molecule has 0 aliphatic carbocycles. The van der Waals surface area contributed by atoms with Gasteiger partial charge in [-0.2, -0.15) is 0 Å². The molecule has 0 saturated carbocycles. The molecule has 8 atom stereocenters. The van der Waals surface area contributed by atoms with Gasteiger partial charge in [0.25, 0.3) is 11.1 Å². The van der Waals surface area contributed by atoms with Crippen LogP contribution in [0.5, 0.6) is 11.5 Å². The van der Waals surface area contributed by atoms with Crippen LogP contribution < -0.4 is 47.9 Å². The molecule has 0 spiro atoms. The van der Waals surface area contributed by atoms with Gasteiger partial charge in [-0.05, 0) is 121 Å².